The van der Waals surface area contributed by atoms with Crippen LogP contribution in [-0.4, -0.2) is 25.7 Å². The Hall–Kier alpha value is -3.44. The molecule has 3 aromatic carbocycles. The fourth-order valence-corrected chi connectivity index (χ4v) is 4.25. The van der Waals surface area contributed by atoms with Gasteiger partial charge in [-0.15, -0.1) is 0 Å². The third kappa shape index (κ3) is 4.04. The highest BCUT2D eigenvalue weighted by Crippen LogP contribution is 2.37. The van der Waals surface area contributed by atoms with Crippen molar-refractivity contribution < 1.29 is 18.6 Å². The summed E-state index contributed by atoms with van der Waals surface area (Å²) < 4.78 is 23.3. The number of fused-ring (bicyclic) bond motifs is 2. The number of para-hydroxylation sites is 1. The highest BCUT2D eigenvalue weighted by Gasteiger charge is 2.18. The molecule has 32 heavy (non-hydrogen) atoms. The minimum Gasteiger partial charge on any atom is -0.497 e. The molecular formula is C27H27NO4. The maximum atomic E-state index is 6.21. The maximum absolute atomic E-state index is 6.21. The molecule has 0 fully saturated rings. The predicted molar refractivity (Wildman–Crippen MR) is 125 cm³/mol. The molecular weight excluding hydrogens is 402 g/mol. The van der Waals surface area contributed by atoms with Crippen LogP contribution in [0.2, 0.25) is 0 Å². The molecule has 0 spiro atoms. The fraction of sp³-hybridized carbons (Fsp3) is 0.259. The van der Waals surface area contributed by atoms with Gasteiger partial charge >= 0.3 is 0 Å². The van der Waals surface area contributed by atoms with Crippen molar-refractivity contribution in [2.24, 2.45) is 0 Å². The number of ether oxygens (including phenoxy) is 3. The number of hydrogen-bond acceptors (Lipinski definition) is 5. The minimum atomic E-state index is 0.715. The Balaban J connectivity index is 1.37. The molecule has 0 saturated heterocycles. The summed E-state index contributed by atoms with van der Waals surface area (Å²) in [6, 6.07) is 20.3. The average molecular weight is 430 g/mol. The standard InChI is InChI=1S/C27H27NO4/c1-18-24(17-28(2)16-19-7-10-21(29-3)11-8-19)23-5-4-6-25(27(23)31-18)32-22-12-9-20-13-14-30-26(20)15-22/h4-12,15H,13-14,16-17H2,1-3H3. The van der Waals surface area contributed by atoms with Gasteiger partial charge < -0.3 is 18.6 Å². The van der Waals surface area contributed by atoms with E-state index in [4.69, 9.17) is 18.6 Å². The SMILES string of the molecule is COc1ccc(CN(C)Cc2c(C)oc3c(Oc4ccc5c(c4)OCC5)cccc23)cc1. The summed E-state index contributed by atoms with van der Waals surface area (Å²) in [5.41, 5.74) is 4.42. The van der Waals surface area contributed by atoms with Crippen LogP contribution >= 0.6 is 0 Å². The molecule has 0 aliphatic carbocycles. The van der Waals surface area contributed by atoms with Crippen molar-refractivity contribution in [1.29, 1.82) is 0 Å². The molecule has 2 heterocycles. The smallest absolute Gasteiger partial charge is 0.177 e. The Morgan fingerprint density at radius 3 is 2.59 bits per heavy atom. The quantitative estimate of drug-likeness (QED) is 0.355. The Morgan fingerprint density at radius 2 is 1.78 bits per heavy atom. The molecule has 1 aliphatic heterocycles. The molecule has 0 bridgehead atoms. The van der Waals surface area contributed by atoms with E-state index < -0.39 is 0 Å². The molecule has 1 aromatic heterocycles. The number of furan rings is 1. The van der Waals surface area contributed by atoms with Crippen molar-refractivity contribution in [3.8, 4) is 23.0 Å². The van der Waals surface area contributed by atoms with Crippen molar-refractivity contribution >= 4 is 11.0 Å². The van der Waals surface area contributed by atoms with Crippen LogP contribution in [0.15, 0.2) is 65.1 Å². The highest BCUT2D eigenvalue weighted by atomic mass is 16.5. The first kappa shape index (κ1) is 20.5. The molecule has 0 N–H and O–H groups in total. The molecule has 0 unspecified atom stereocenters. The zero-order valence-electron chi connectivity index (χ0n) is 18.7. The number of nitrogens with zero attached hydrogens (tertiary/aromatic N) is 1. The highest BCUT2D eigenvalue weighted by molar-refractivity contribution is 5.87. The lowest BCUT2D eigenvalue weighted by atomic mass is 10.1. The minimum absolute atomic E-state index is 0.715. The topological polar surface area (TPSA) is 44.1 Å². The van der Waals surface area contributed by atoms with Crippen molar-refractivity contribution in [3.63, 3.8) is 0 Å². The van der Waals surface area contributed by atoms with Crippen molar-refractivity contribution in [2.45, 2.75) is 26.4 Å². The molecule has 4 aromatic rings. The number of rotatable bonds is 7. The zero-order chi connectivity index (χ0) is 22.1. The average Bonchev–Trinajstić information content (AvgIpc) is 3.39. The molecule has 5 nitrogen and oxygen atoms in total. The van der Waals surface area contributed by atoms with Crippen LogP contribution in [0.5, 0.6) is 23.0 Å². The number of hydrogen-bond donors (Lipinski definition) is 0. The number of benzene rings is 3. The first-order chi connectivity index (χ1) is 15.6. The van der Waals surface area contributed by atoms with E-state index in [9.17, 15) is 0 Å². The number of methoxy groups -OCH3 is 1. The summed E-state index contributed by atoms with van der Waals surface area (Å²) in [7, 11) is 3.80. The van der Waals surface area contributed by atoms with Gasteiger partial charge in [-0.05, 0) is 49.4 Å². The van der Waals surface area contributed by atoms with Crippen LogP contribution in [0, 0.1) is 6.92 Å². The molecule has 0 saturated carbocycles. The molecule has 0 radical (unpaired) electrons. The van der Waals surface area contributed by atoms with Crippen LogP contribution in [0.3, 0.4) is 0 Å². The fourth-order valence-electron chi connectivity index (χ4n) is 4.25. The van der Waals surface area contributed by atoms with E-state index in [2.05, 4.69) is 36.2 Å². The van der Waals surface area contributed by atoms with E-state index in [1.54, 1.807) is 7.11 Å². The van der Waals surface area contributed by atoms with Crippen LogP contribution < -0.4 is 14.2 Å². The van der Waals surface area contributed by atoms with Gasteiger partial charge in [-0.2, -0.15) is 0 Å². The molecule has 0 amide bonds. The van der Waals surface area contributed by atoms with Crippen molar-refractivity contribution in [2.75, 3.05) is 20.8 Å². The van der Waals surface area contributed by atoms with Crippen LogP contribution in [0.25, 0.3) is 11.0 Å². The van der Waals surface area contributed by atoms with E-state index in [1.807, 2.05) is 43.3 Å². The zero-order valence-corrected chi connectivity index (χ0v) is 18.7. The number of aryl methyl sites for hydroxylation is 1. The summed E-state index contributed by atoms with van der Waals surface area (Å²) in [5, 5.41) is 1.08. The van der Waals surface area contributed by atoms with Gasteiger partial charge in [0.25, 0.3) is 0 Å². The van der Waals surface area contributed by atoms with Gasteiger partial charge in [-0.3, -0.25) is 4.90 Å². The Labute approximate surface area is 188 Å². The van der Waals surface area contributed by atoms with Crippen molar-refractivity contribution in [1.82, 2.24) is 4.90 Å². The van der Waals surface area contributed by atoms with Gasteiger partial charge in [0.1, 0.15) is 23.0 Å². The largest absolute Gasteiger partial charge is 0.497 e. The second-order valence-electron chi connectivity index (χ2n) is 8.26. The monoisotopic (exact) mass is 429 g/mol. The van der Waals surface area contributed by atoms with Gasteiger partial charge in [0, 0.05) is 36.5 Å². The van der Waals surface area contributed by atoms with E-state index in [0.717, 1.165) is 60.1 Å². The van der Waals surface area contributed by atoms with E-state index in [0.29, 0.717) is 5.75 Å². The van der Waals surface area contributed by atoms with Gasteiger partial charge in [0.2, 0.25) is 0 Å². The van der Waals surface area contributed by atoms with Gasteiger partial charge in [-0.25, -0.2) is 0 Å². The maximum Gasteiger partial charge on any atom is 0.177 e. The molecule has 5 rings (SSSR count). The second-order valence-corrected chi connectivity index (χ2v) is 8.26. The van der Waals surface area contributed by atoms with E-state index >= 15 is 0 Å². The lowest BCUT2D eigenvalue weighted by molar-refractivity contribution is 0.317. The Morgan fingerprint density at radius 1 is 0.969 bits per heavy atom. The summed E-state index contributed by atoms with van der Waals surface area (Å²) in [5.74, 6) is 4.16. The van der Waals surface area contributed by atoms with Crippen LogP contribution in [-0.2, 0) is 19.5 Å². The van der Waals surface area contributed by atoms with Crippen LogP contribution in [0.1, 0.15) is 22.5 Å². The third-order valence-corrected chi connectivity index (χ3v) is 5.92. The van der Waals surface area contributed by atoms with Gasteiger partial charge in [0.05, 0.1) is 13.7 Å². The molecule has 164 valence electrons. The first-order valence-electron chi connectivity index (χ1n) is 10.9. The van der Waals surface area contributed by atoms with Crippen molar-refractivity contribution in [3.05, 3.63) is 83.1 Å². The second kappa shape index (κ2) is 8.60. The molecule has 0 atom stereocenters. The lowest BCUT2D eigenvalue weighted by Crippen LogP contribution is -2.17. The third-order valence-electron chi connectivity index (χ3n) is 5.92. The molecule has 1 aliphatic rings. The Kier molecular flexibility index (Phi) is 5.50. The summed E-state index contributed by atoms with van der Waals surface area (Å²) in [6.07, 6.45) is 0.954. The van der Waals surface area contributed by atoms with Gasteiger partial charge in [0.15, 0.2) is 11.3 Å². The van der Waals surface area contributed by atoms with E-state index in [1.165, 1.54) is 16.7 Å². The molecule has 5 heteroatoms. The van der Waals surface area contributed by atoms with E-state index in [-0.39, 0.29) is 0 Å². The first-order valence-corrected chi connectivity index (χ1v) is 10.9. The van der Waals surface area contributed by atoms with Gasteiger partial charge in [-0.1, -0.05) is 30.3 Å². The van der Waals surface area contributed by atoms with Crippen LogP contribution in [0.4, 0.5) is 0 Å². The lowest BCUT2D eigenvalue weighted by Gasteiger charge is -2.17. The summed E-state index contributed by atoms with van der Waals surface area (Å²) in [6.45, 7) is 4.37. The normalized spacial score (nSPS) is 12.8. The Bertz CT molecular complexity index is 1240. The predicted octanol–water partition coefficient (Wildman–Crippen LogP) is 6.11. The summed E-state index contributed by atoms with van der Waals surface area (Å²) >= 11 is 0. The summed E-state index contributed by atoms with van der Waals surface area (Å²) in [4.78, 5) is 2.28.